The van der Waals surface area contributed by atoms with E-state index in [1.54, 1.807) is 0 Å². The molecule has 1 heteroatoms. The highest BCUT2D eigenvalue weighted by Gasteiger charge is 2.49. The Morgan fingerprint density at radius 3 is 2.56 bits per heavy atom. The van der Waals surface area contributed by atoms with Gasteiger partial charge in [-0.1, -0.05) is 12.2 Å². The summed E-state index contributed by atoms with van der Waals surface area (Å²) in [6, 6.07) is 0.889. The van der Waals surface area contributed by atoms with Crippen LogP contribution < -0.4 is 5.32 Å². The molecule has 1 saturated carbocycles. The molecule has 0 aromatic heterocycles. The van der Waals surface area contributed by atoms with E-state index in [1.165, 1.54) is 13.0 Å². The van der Waals surface area contributed by atoms with E-state index in [4.69, 9.17) is 0 Å². The Kier molecular flexibility index (Phi) is 0.620. The van der Waals surface area contributed by atoms with Gasteiger partial charge in [0.25, 0.3) is 0 Å². The molecule has 1 nitrogen and oxygen atoms in total. The van der Waals surface area contributed by atoms with Crippen molar-refractivity contribution in [1.82, 2.24) is 5.32 Å². The molecule has 0 aromatic carbocycles. The predicted molar refractivity (Wildman–Crippen MR) is 36.0 cm³/mol. The maximum Gasteiger partial charge on any atom is 0.0176 e. The van der Waals surface area contributed by atoms with Gasteiger partial charge >= 0.3 is 0 Å². The van der Waals surface area contributed by atoms with Gasteiger partial charge in [-0.25, -0.2) is 0 Å². The van der Waals surface area contributed by atoms with Crippen LogP contribution in [0.15, 0.2) is 12.2 Å². The number of nitrogens with one attached hydrogen (secondary N) is 1. The van der Waals surface area contributed by atoms with Crippen LogP contribution in [0.1, 0.15) is 6.42 Å². The summed E-state index contributed by atoms with van der Waals surface area (Å²) in [5, 5.41) is 3.49. The van der Waals surface area contributed by atoms with Gasteiger partial charge in [-0.3, -0.25) is 0 Å². The van der Waals surface area contributed by atoms with Gasteiger partial charge < -0.3 is 5.32 Å². The van der Waals surface area contributed by atoms with Crippen LogP contribution in [0.3, 0.4) is 0 Å². The van der Waals surface area contributed by atoms with Gasteiger partial charge in [-0.15, -0.1) is 0 Å². The first kappa shape index (κ1) is 4.51. The third-order valence-electron chi connectivity index (χ3n) is 3.21. The van der Waals surface area contributed by atoms with Crippen molar-refractivity contribution in [2.24, 2.45) is 17.8 Å². The molecular formula is C8H11N. The second-order valence-electron chi connectivity index (χ2n) is 3.55. The lowest BCUT2D eigenvalue weighted by Crippen LogP contribution is -2.54. The van der Waals surface area contributed by atoms with E-state index in [-0.39, 0.29) is 0 Å². The first-order valence-corrected chi connectivity index (χ1v) is 3.87. The van der Waals surface area contributed by atoms with E-state index in [0.717, 1.165) is 23.8 Å². The average Bonchev–Trinajstić information content (AvgIpc) is 2.18. The molecule has 2 bridgehead atoms. The van der Waals surface area contributed by atoms with E-state index in [1.807, 2.05) is 0 Å². The summed E-state index contributed by atoms with van der Waals surface area (Å²) in [6.07, 6.45) is 6.27. The van der Waals surface area contributed by atoms with Gasteiger partial charge in [0.1, 0.15) is 0 Å². The molecule has 0 unspecified atom stereocenters. The van der Waals surface area contributed by atoms with Crippen molar-refractivity contribution in [2.45, 2.75) is 12.5 Å². The lowest BCUT2D eigenvalue weighted by atomic mass is 9.83. The molecule has 0 spiro atoms. The van der Waals surface area contributed by atoms with Crippen molar-refractivity contribution in [3.05, 3.63) is 12.2 Å². The summed E-state index contributed by atoms with van der Waals surface area (Å²) in [7, 11) is 0. The zero-order valence-electron chi connectivity index (χ0n) is 5.38. The highest BCUT2D eigenvalue weighted by Crippen LogP contribution is 2.47. The largest absolute Gasteiger partial charge is 0.313 e. The molecule has 0 aromatic rings. The molecule has 1 saturated heterocycles. The van der Waals surface area contributed by atoms with Crippen LogP contribution in [0.25, 0.3) is 0 Å². The van der Waals surface area contributed by atoms with Crippen LogP contribution in [0.4, 0.5) is 0 Å². The SMILES string of the molecule is C1=C[C@H]2C[C@@H]1[C@H]1NC[C@H]12. The summed E-state index contributed by atoms with van der Waals surface area (Å²) in [5.41, 5.74) is 0. The fourth-order valence-electron chi connectivity index (χ4n) is 2.62. The Morgan fingerprint density at radius 2 is 2.11 bits per heavy atom. The molecule has 1 N–H and O–H groups in total. The number of allylic oxidation sites excluding steroid dienone is 1. The molecular weight excluding hydrogens is 110 g/mol. The number of rotatable bonds is 0. The molecule has 2 fully saturated rings. The van der Waals surface area contributed by atoms with Crippen LogP contribution in [0.5, 0.6) is 0 Å². The monoisotopic (exact) mass is 121 g/mol. The minimum atomic E-state index is 0.889. The molecule has 4 atom stereocenters. The smallest absolute Gasteiger partial charge is 0.0176 e. The van der Waals surface area contributed by atoms with Gasteiger partial charge in [-0.05, 0) is 24.2 Å². The quantitative estimate of drug-likeness (QED) is 0.467. The van der Waals surface area contributed by atoms with E-state index >= 15 is 0 Å². The predicted octanol–water partition coefficient (Wildman–Crippen LogP) is 0.780. The van der Waals surface area contributed by atoms with Gasteiger partial charge in [0.2, 0.25) is 0 Å². The van der Waals surface area contributed by atoms with E-state index in [0.29, 0.717) is 0 Å². The summed E-state index contributed by atoms with van der Waals surface area (Å²) in [4.78, 5) is 0. The zero-order valence-corrected chi connectivity index (χ0v) is 5.38. The van der Waals surface area contributed by atoms with Crippen LogP contribution >= 0.6 is 0 Å². The minimum absolute atomic E-state index is 0.889. The first-order valence-electron chi connectivity index (χ1n) is 3.87. The highest BCUT2D eigenvalue weighted by atomic mass is 15.0. The van der Waals surface area contributed by atoms with Crippen molar-refractivity contribution in [3.8, 4) is 0 Å². The van der Waals surface area contributed by atoms with Gasteiger partial charge in [0.15, 0.2) is 0 Å². The Bertz CT molecular complexity index is 155. The van der Waals surface area contributed by atoms with Crippen molar-refractivity contribution in [3.63, 3.8) is 0 Å². The maximum atomic E-state index is 3.49. The second-order valence-corrected chi connectivity index (χ2v) is 3.55. The first-order chi connectivity index (χ1) is 4.45. The molecule has 3 rings (SSSR count). The number of hydrogen-bond donors (Lipinski definition) is 1. The van der Waals surface area contributed by atoms with Crippen LogP contribution in [0, 0.1) is 17.8 Å². The van der Waals surface area contributed by atoms with Gasteiger partial charge in [0, 0.05) is 12.6 Å². The van der Waals surface area contributed by atoms with Crippen molar-refractivity contribution >= 4 is 0 Å². The third kappa shape index (κ3) is 0.379. The maximum absolute atomic E-state index is 3.49. The van der Waals surface area contributed by atoms with Gasteiger partial charge in [-0.2, -0.15) is 0 Å². The normalized spacial score (nSPS) is 59.6. The van der Waals surface area contributed by atoms with Gasteiger partial charge in [0.05, 0.1) is 0 Å². The lowest BCUT2D eigenvalue weighted by molar-refractivity contribution is 0.216. The zero-order chi connectivity index (χ0) is 5.84. The topological polar surface area (TPSA) is 12.0 Å². The molecule has 1 aliphatic heterocycles. The average molecular weight is 121 g/mol. The number of hydrogen-bond acceptors (Lipinski definition) is 1. The summed E-state index contributed by atoms with van der Waals surface area (Å²) < 4.78 is 0. The summed E-state index contributed by atoms with van der Waals surface area (Å²) in [5.74, 6) is 2.90. The van der Waals surface area contributed by atoms with E-state index in [9.17, 15) is 0 Å². The second kappa shape index (κ2) is 1.24. The Morgan fingerprint density at radius 1 is 1.22 bits per heavy atom. The van der Waals surface area contributed by atoms with Crippen LogP contribution in [-0.4, -0.2) is 12.6 Å². The fourth-order valence-corrected chi connectivity index (χ4v) is 2.62. The Balaban J connectivity index is 2.03. The molecule has 3 aliphatic rings. The lowest BCUT2D eigenvalue weighted by Gasteiger charge is -2.38. The number of fused-ring (bicyclic) bond motifs is 5. The third-order valence-corrected chi connectivity index (χ3v) is 3.21. The molecule has 2 aliphatic carbocycles. The van der Waals surface area contributed by atoms with Crippen LogP contribution in [-0.2, 0) is 0 Å². The van der Waals surface area contributed by atoms with Crippen molar-refractivity contribution in [2.75, 3.05) is 6.54 Å². The summed E-state index contributed by atoms with van der Waals surface area (Å²) >= 11 is 0. The van der Waals surface area contributed by atoms with Crippen molar-refractivity contribution in [1.29, 1.82) is 0 Å². The highest BCUT2D eigenvalue weighted by molar-refractivity contribution is 5.20. The summed E-state index contributed by atoms with van der Waals surface area (Å²) in [6.45, 7) is 1.29. The minimum Gasteiger partial charge on any atom is -0.313 e. The van der Waals surface area contributed by atoms with E-state index in [2.05, 4.69) is 17.5 Å². The fraction of sp³-hybridized carbons (Fsp3) is 0.750. The molecule has 9 heavy (non-hydrogen) atoms. The Labute approximate surface area is 55.1 Å². The van der Waals surface area contributed by atoms with E-state index < -0.39 is 0 Å². The van der Waals surface area contributed by atoms with Crippen LogP contribution in [0.2, 0.25) is 0 Å². The molecule has 0 amide bonds. The molecule has 0 radical (unpaired) electrons. The Hall–Kier alpha value is -0.300. The standard InChI is InChI=1S/C8H11N/c1-2-6-3-5(1)7-4-9-8(6)7/h1-2,5-9H,3-4H2/t5-,6+,7-,8+/m0/s1. The molecule has 48 valence electrons. The van der Waals surface area contributed by atoms with Crippen molar-refractivity contribution < 1.29 is 0 Å². The molecule has 1 heterocycles.